The van der Waals surface area contributed by atoms with Crippen molar-refractivity contribution >= 4 is 11.6 Å². The lowest BCUT2D eigenvalue weighted by Gasteiger charge is -2.13. The summed E-state index contributed by atoms with van der Waals surface area (Å²) in [5, 5.41) is 6.62. The molecule has 2 rings (SSSR count). The summed E-state index contributed by atoms with van der Waals surface area (Å²) in [6, 6.07) is 0. The van der Waals surface area contributed by atoms with Gasteiger partial charge in [-0.2, -0.15) is 0 Å². The molecule has 0 saturated carbocycles. The van der Waals surface area contributed by atoms with E-state index < -0.39 is 0 Å². The van der Waals surface area contributed by atoms with Gasteiger partial charge in [0, 0.05) is 18.5 Å². The summed E-state index contributed by atoms with van der Waals surface area (Å²) < 4.78 is 5.59. The van der Waals surface area contributed by atoms with Crippen LogP contribution in [0.5, 0.6) is 0 Å². The summed E-state index contributed by atoms with van der Waals surface area (Å²) in [6.07, 6.45) is 6.12. The Hall–Kier alpha value is -2.11. The van der Waals surface area contributed by atoms with E-state index >= 15 is 0 Å². The minimum Gasteiger partial charge on any atom is -0.444 e. The second-order valence-corrected chi connectivity index (χ2v) is 4.76. The molecule has 0 spiro atoms. The second-order valence-electron chi connectivity index (χ2n) is 4.76. The topological polar surface area (TPSA) is 75.9 Å². The van der Waals surface area contributed by atoms with Crippen LogP contribution in [-0.2, 0) is 19.4 Å². The van der Waals surface area contributed by atoms with Gasteiger partial charge in [0.2, 0.25) is 5.89 Å². The molecule has 0 radical (unpaired) electrons. The predicted octanol–water partition coefficient (Wildman–Crippen LogP) is 3.02. The number of aryl methyl sites for hydroxylation is 1. The Kier molecular flexibility index (Phi) is 5.54. The Balaban J connectivity index is 2.08. The molecule has 0 aromatic carbocycles. The van der Waals surface area contributed by atoms with Gasteiger partial charge in [-0.25, -0.2) is 15.0 Å². The molecule has 0 amide bonds. The summed E-state index contributed by atoms with van der Waals surface area (Å²) in [6.45, 7) is 7.71. The quantitative estimate of drug-likeness (QED) is 0.778. The normalized spacial score (nSPS) is 10.6. The molecule has 0 aliphatic carbocycles. The van der Waals surface area contributed by atoms with Gasteiger partial charge in [0.15, 0.2) is 0 Å². The number of aromatic nitrogens is 3. The van der Waals surface area contributed by atoms with E-state index in [0.717, 1.165) is 48.8 Å². The van der Waals surface area contributed by atoms with Gasteiger partial charge in [-0.05, 0) is 12.8 Å². The van der Waals surface area contributed by atoms with E-state index in [4.69, 9.17) is 4.42 Å². The van der Waals surface area contributed by atoms with Gasteiger partial charge < -0.3 is 15.1 Å². The first-order chi connectivity index (χ1) is 10.3. The van der Waals surface area contributed by atoms with Crippen LogP contribution in [0.2, 0.25) is 0 Å². The summed E-state index contributed by atoms with van der Waals surface area (Å²) in [7, 11) is 0. The largest absolute Gasteiger partial charge is 0.444 e. The minimum atomic E-state index is 0.525. The average Bonchev–Trinajstić information content (AvgIpc) is 2.98. The molecule has 6 heteroatoms. The van der Waals surface area contributed by atoms with Crippen LogP contribution in [0, 0.1) is 0 Å². The van der Waals surface area contributed by atoms with Crippen molar-refractivity contribution in [3.63, 3.8) is 0 Å². The Morgan fingerprint density at radius 3 is 2.38 bits per heavy atom. The molecule has 2 heterocycles. The van der Waals surface area contributed by atoms with Gasteiger partial charge in [-0.15, -0.1) is 0 Å². The molecule has 2 N–H and O–H groups in total. The molecule has 0 fully saturated rings. The van der Waals surface area contributed by atoms with Crippen LogP contribution in [0.15, 0.2) is 16.9 Å². The van der Waals surface area contributed by atoms with Crippen molar-refractivity contribution in [2.75, 3.05) is 17.2 Å². The van der Waals surface area contributed by atoms with E-state index in [1.165, 1.54) is 0 Å². The zero-order chi connectivity index (χ0) is 15.1. The lowest BCUT2D eigenvalue weighted by molar-refractivity contribution is 0.465. The summed E-state index contributed by atoms with van der Waals surface area (Å²) in [4.78, 5) is 12.9. The third-order valence-corrected chi connectivity index (χ3v) is 3.20. The highest BCUT2D eigenvalue weighted by Crippen LogP contribution is 2.21. The van der Waals surface area contributed by atoms with Crippen molar-refractivity contribution in [2.45, 2.75) is 46.6 Å². The maximum Gasteiger partial charge on any atom is 0.213 e. The van der Waals surface area contributed by atoms with Gasteiger partial charge >= 0.3 is 0 Å². The van der Waals surface area contributed by atoms with E-state index in [1.54, 1.807) is 12.5 Å². The number of hydrogen-bond donors (Lipinski definition) is 2. The van der Waals surface area contributed by atoms with Crippen LogP contribution in [0.25, 0.3) is 0 Å². The molecule has 2 aromatic rings. The van der Waals surface area contributed by atoms with Gasteiger partial charge in [0.05, 0.1) is 12.7 Å². The Labute approximate surface area is 125 Å². The van der Waals surface area contributed by atoms with Gasteiger partial charge in [-0.3, -0.25) is 0 Å². The fraction of sp³-hybridized carbons (Fsp3) is 0.533. The predicted molar refractivity (Wildman–Crippen MR) is 83.4 cm³/mol. The van der Waals surface area contributed by atoms with Crippen LogP contribution >= 0.6 is 0 Å². The monoisotopic (exact) mass is 289 g/mol. The number of nitrogens with one attached hydrogen (secondary N) is 2. The van der Waals surface area contributed by atoms with Crippen molar-refractivity contribution in [1.29, 1.82) is 0 Å². The highest BCUT2D eigenvalue weighted by molar-refractivity contribution is 5.57. The molecule has 21 heavy (non-hydrogen) atoms. The number of nitrogens with zero attached hydrogens (tertiary/aromatic N) is 3. The van der Waals surface area contributed by atoms with Crippen LogP contribution in [0.1, 0.15) is 44.4 Å². The minimum absolute atomic E-state index is 0.525. The molecule has 0 saturated heterocycles. The van der Waals surface area contributed by atoms with E-state index in [2.05, 4.69) is 39.4 Å². The van der Waals surface area contributed by atoms with Crippen LogP contribution in [-0.4, -0.2) is 21.5 Å². The molecular weight excluding hydrogens is 266 g/mol. The Bertz CT molecular complexity index is 567. The molecule has 0 unspecified atom stereocenters. The number of rotatable bonds is 8. The first kappa shape index (κ1) is 15.3. The zero-order valence-electron chi connectivity index (χ0n) is 12.9. The molecule has 6 nitrogen and oxygen atoms in total. The Morgan fingerprint density at radius 2 is 1.76 bits per heavy atom. The van der Waals surface area contributed by atoms with Gasteiger partial charge in [-0.1, -0.05) is 20.8 Å². The average molecular weight is 289 g/mol. The van der Waals surface area contributed by atoms with Gasteiger partial charge in [0.1, 0.15) is 23.7 Å². The fourth-order valence-corrected chi connectivity index (χ4v) is 2.05. The summed E-state index contributed by atoms with van der Waals surface area (Å²) >= 11 is 0. The summed E-state index contributed by atoms with van der Waals surface area (Å²) in [5.74, 6) is 3.31. The maximum absolute atomic E-state index is 5.59. The van der Waals surface area contributed by atoms with E-state index in [1.807, 2.05) is 6.92 Å². The molecule has 0 bridgehead atoms. The lowest BCUT2D eigenvalue weighted by Crippen LogP contribution is -2.10. The van der Waals surface area contributed by atoms with Crippen molar-refractivity contribution in [3.8, 4) is 0 Å². The van der Waals surface area contributed by atoms with Crippen molar-refractivity contribution in [2.24, 2.45) is 0 Å². The summed E-state index contributed by atoms with van der Waals surface area (Å²) in [5.41, 5.74) is 1.09. The first-order valence-corrected chi connectivity index (χ1v) is 7.53. The third-order valence-electron chi connectivity index (χ3n) is 3.20. The molecule has 0 aliphatic rings. The van der Waals surface area contributed by atoms with Crippen LogP contribution in [0.4, 0.5) is 11.6 Å². The van der Waals surface area contributed by atoms with E-state index in [9.17, 15) is 0 Å². The van der Waals surface area contributed by atoms with E-state index in [0.29, 0.717) is 12.4 Å². The third kappa shape index (κ3) is 3.93. The van der Waals surface area contributed by atoms with Crippen molar-refractivity contribution < 1.29 is 4.42 Å². The number of oxazole rings is 1. The standard InChI is InChI=1S/C15H23N5O/c1-4-7-16-14-12(6-3)15(20-10-19-14)18-9-13-17-8-11(5-2)21-13/h8,10H,4-7,9H2,1-3H3,(H2,16,18,19,20). The van der Waals surface area contributed by atoms with Crippen molar-refractivity contribution in [1.82, 2.24) is 15.0 Å². The zero-order valence-corrected chi connectivity index (χ0v) is 12.9. The molecule has 0 atom stereocenters. The molecule has 114 valence electrons. The second kappa shape index (κ2) is 7.61. The Morgan fingerprint density at radius 1 is 1.00 bits per heavy atom. The molecule has 2 aromatic heterocycles. The molecule has 0 aliphatic heterocycles. The van der Waals surface area contributed by atoms with Crippen molar-refractivity contribution in [3.05, 3.63) is 29.7 Å². The van der Waals surface area contributed by atoms with Crippen LogP contribution in [0.3, 0.4) is 0 Å². The smallest absolute Gasteiger partial charge is 0.213 e. The number of anilines is 2. The lowest BCUT2D eigenvalue weighted by atomic mass is 10.2. The number of hydrogen-bond acceptors (Lipinski definition) is 6. The molecular formula is C15H23N5O. The van der Waals surface area contributed by atoms with Gasteiger partial charge in [0.25, 0.3) is 0 Å². The fourth-order valence-electron chi connectivity index (χ4n) is 2.05. The first-order valence-electron chi connectivity index (χ1n) is 7.53. The van der Waals surface area contributed by atoms with Crippen LogP contribution < -0.4 is 10.6 Å². The highest BCUT2D eigenvalue weighted by Gasteiger charge is 2.10. The SMILES string of the molecule is CCCNc1ncnc(NCc2ncc(CC)o2)c1CC. The highest BCUT2D eigenvalue weighted by atomic mass is 16.4. The van der Waals surface area contributed by atoms with E-state index in [-0.39, 0.29) is 0 Å². The maximum atomic E-state index is 5.59.